The molecule has 30 heavy (non-hydrogen) atoms. The van der Waals surface area contributed by atoms with E-state index in [1.165, 1.54) is 63.9 Å². The van der Waals surface area contributed by atoms with Crippen LogP contribution in [0.1, 0.15) is 0 Å². The Morgan fingerprint density at radius 2 is 1.37 bits per heavy atom. The predicted molar refractivity (Wildman–Crippen MR) is 132 cm³/mol. The lowest BCUT2D eigenvalue weighted by molar-refractivity contribution is 1.55. The first-order chi connectivity index (χ1) is 14.9. The number of fused-ring (bicyclic) bond motifs is 8. The first-order valence-corrected chi connectivity index (χ1v) is 11.0. The minimum absolute atomic E-state index is 1.19. The SMILES string of the molecule is c1ccc2c(c1)[nH]c1ccc3ccc(-c4cccc5c4sc4ccccc45)cc3c12. The summed E-state index contributed by atoms with van der Waals surface area (Å²) in [5, 5.41) is 7.88. The molecule has 0 saturated carbocycles. The number of nitrogens with one attached hydrogen (secondary N) is 1. The fourth-order valence-electron chi connectivity index (χ4n) is 4.81. The molecule has 0 aliphatic carbocycles. The molecule has 0 radical (unpaired) electrons. The molecule has 0 unspecified atom stereocenters. The number of rotatable bonds is 1. The zero-order valence-corrected chi connectivity index (χ0v) is 17.0. The topological polar surface area (TPSA) is 15.8 Å². The summed E-state index contributed by atoms with van der Waals surface area (Å²) < 4.78 is 2.71. The third kappa shape index (κ3) is 2.17. The fraction of sp³-hybridized carbons (Fsp3) is 0. The quantitative estimate of drug-likeness (QED) is 0.285. The number of aromatic amines is 1. The van der Waals surface area contributed by atoms with E-state index < -0.39 is 0 Å². The molecule has 2 heteroatoms. The molecular formula is C28H17NS. The van der Waals surface area contributed by atoms with Crippen molar-refractivity contribution in [1.82, 2.24) is 4.98 Å². The molecule has 7 aromatic rings. The lowest BCUT2D eigenvalue weighted by atomic mass is 9.97. The van der Waals surface area contributed by atoms with Gasteiger partial charge >= 0.3 is 0 Å². The number of hydrogen-bond acceptors (Lipinski definition) is 1. The van der Waals surface area contributed by atoms with Crippen molar-refractivity contribution < 1.29 is 0 Å². The number of H-pyrrole nitrogens is 1. The van der Waals surface area contributed by atoms with Gasteiger partial charge in [0.25, 0.3) is 0 Å². The summed E-state index contributed by atoms with van der Waals surface area (Å²) in [4.78, 5) is 3.58. The highest BCUT2D eigenvalue weighted by atomic mass is 32.1. The van der Waals surface area contributed by atoms with Crippen LogP contribution in [0.5, 0.6) is 0 Å². The van der Waals surface area contributed by atoms with Crippen LogP contribution in [0.25, 0.3) is 63.9 Å². The van der Waals surface area contributed by atoms with Crippen LogP contribution in [0.4, 0.5) is 0 Å². The van der Waals surface area contributed by atoms with Crippen LogP contribution in [0.15, 0.2) is 97.1 Å². The summed E-state index contributed by atoms with van der Waals surface area (Å²) >= 11 is 1.89. The van der Waals surface area contributed by atoms with E-state index in [9.17, 15) is 0 Å². The number of para-hydroxylation sites is 1. The summed E-state index contributed by atoms with van der Waals surface area (Å²) in [5.41, 5.74) is 4.97. The van der Waals surface area contributed by atoms with E-state index in [1.54, 1.807) is 0 Å². The number of aromatic nitrogens is 1. The molecule has 0 aliphatic rings. The van der Waals surface area contributed by atoms with Gasteiger partial charge < -0.3 is 4.98 Å². The second-order valence-electron chi connectivity index (χ2n) is 7.88. The van der Waals surface area contributed by atoms with Crippen molar-refractivity contribution in [3.8, 4) is 11.1 Å². The second-order valence-corrected chi connectivity index (χ2v) is 8.93. The monoisotopic (exact) mass is 399 g/mol. The highest BCUT2D eigenvalue weighted by Crippen LogP contribution is 2.41. The van der Waals surface area contributed by atoms with Gasteiger partial charge in [-0.3, -0.25) is 0 Å². The van der Waals surface area contributed by atoms with Crippen molar-refractivity contribution in [1.29, 1.82) is 0 Å². The normalized spacial score (nSPS) is 12.0. The maximum absolute atomic E-state index is 3.58. The highest BCUT2D eigenvalue weighted by molar-refractivity contribution is 7.26. The van der Waals surface area contributed by atoms with Crippen molar-refractivity contribution in [2.24, 2.45) is 0 Å². The Morgan fingerprint density at radius 3 is 2.33 bits per heavy atom. The zero-order valence-electron chi connectivity index (χ0n) is 16.1. The summed E-state index contributed by atoms with van der Waals surface area (Å²) in [6, 6.07) is 35.3. The van der Waals surface area contributed by atoms with E-state index in [0.29, 0.717) is 0 Å². The van der Waals surface area contributed by atoms with Crippen molar-refractivity contribution in [2.45, 2.75) is 0 Å². The zero-order chi connectivity index (χ0) is 19.7. The van der Waals surface area contributed by atoms with Crippen molar-refractivity contribution in [3.63, 3.8) is 0 Å². The molecule has 0 aliphatic heterocycles. The van der Waals surface area contributed by atoms with Gasteiger partial charge in [-0.2, -0.15) is 0 Å². The average molecular weight is 400 g/mol. The largest absolute Gasteiger partial charge is 0.354 e. The number of hydrogen-bond donors (Lipinski definition) is 1. The minimum Gasteiger partial charge on any atom is -0.354 e. The molecule has 7 rings (SSSR count). The highest BCUT2D eigenvalue weighted by Gasteiger charge is 2.12. The average Bonchev–Trinajstić information content (AvgIpc) is 3.37. The Labute approximate surface area is 177 Å². The van der Waals surface area contributed by atoms with Gasteiger partial charge in [-0.15, -0.1) is 11.3 Å². The van der Waals surface area contributed by atoms with Gasteiger partial charge in [0.15, 0.2) is 0 Å². The van der Waals surface area contributed by atoms with E-state index in [4.69, 9.17) is 0 Å². The molecular weight excluding hydrogens is 382 g/mol. The molecule has 0 bridgehead atoms. The van der Waals surface area contributed by atoms with Crippen molar-refractivity contribution in [2.75, 3.05) is 0 Å². The molecule has 140 valence electrons. The number of thiophene rings is 1. The van der Waals surface area contributed by atoms with Gasteiger partial charge in [0.2, 0.25) is 0 Å². The molecule has 0 amide bonds. The van der Waals surface area contributed by atoms with Gasteiger partial charge in [-0.05, 0) is 46.2 Å². The first-order valence-electron chi connectivity index (χ1n) is 10.2. The summed E-state index contributed by atoms with van der Waals surface area (Å²) in [6.45, 7) is 0. The van der Waals surface area contributed by atoms with Crippen LogP contribution in [0, 0.1) is 0 Å². The fourth-order valence-corrected chi connectivity index (χ4v) is 6.05. The van der Waals surface area contributed by atoms with Gasteiger partial charge in [0.05, 0.1) is 0 Å². The summed E-state index contributed by atoms with van der Waals surface area (Å²) in [7, 11) is 0. The molecule has 5 aromatic carbocycles. The van der Waals surface area contributed by atoms with Gasteiger partial charge in [-0.1, -0.05) is 72.8 Å². The van der Waals surface area contributed by atoms with Gasteiger partial charge in [0, 0.05) is 42.0 Å². The van der Waals surface area contributed by atoms with Gasteiger partial charge in [0.1, 0.15) is 0 Å². The minimum atomic E-state index is 1.19. The molecule has 0 fully saturated rings. The Kier molecular flexibility index (Phi) is 3.21. The van der Waals surface area contributed by atoms with Crippen molar-refractivity contribution >= 4 is 64.1 Å². The summed E-state index contributed by atoms with van der Waals surface area (Å²) in [6.07, 6.45) is 0. The lowest BCUT2D eigenvalue weighted by Crippen LogP contribution is -1.81. The van der Waals surface area contributed by atoms with Crippen LogP contribution in [-0.2, 0) is 0 Å². The molecule has 0 atom stereocenters. The maximum atomic E-state index is 3.58. The molecule has 0 spiro atoms. The van der Waals surface area contributed by atoms with Crippen LogP contribution in [0.3, 0.4) is 0 Å². The van der Waals surface area contributed by atoms with E-state index in [1.807, 2.05) is 11.3 Å². The van der Waals surface area contributed by atoms with Crippen LogP contribution in [-0.4, -0.2) is 4.98 Å². The molecule has 0 saturated heterocycles. The van der Waals surface area contributed by atoms with Crippen LogP contribution < -0.4 is 0 Å². The Morgan fingerprint density at radius 1 is 0.567 bits per heavy atom. The van der Waals surface area contributed by atoms with E-state index >= 15 is 0 Å². The van der Waals surface area contributed by atoms with E-state index in [2.05, 4.69) is 102 Å². The standard InChI is InChI=1S/C28H17NS/c1-3-10-24-22(7-1)27-23-16-18(13-12-17(23)14-15-25(27)29-24)19-8-5-9-21-20-6-2-4-11-26(20)30-28(19)21/h1-16,29H. The maximum Gasteiger partial charge on any atom is 0.0471 e. The Balaban J connectivity index is 1.58. The third-order valence-corrected chi connectivity index (χ3v) is 7.42. The molecule has 1 nitrogen and oxygen atoms in total. The smallest absolute Gasteiger partial charge is 0.0471 e. The Bertz CT molecular complexity index is 1750. The third-order valence-electron chi connectivity index (χ3n) is 6.20. The molecule has 1 N–H and O–H groups in total. The van der Waals surface area contributed by atoms with Crippen molar-refractivity contribution in [3.05, 3.63) is 97.1 Å². The second kappa shape index (κ2) is 5.94. The summed E-state index contributed by atoms with van der Waals surface area (Å²) in [5.74, 6) is 0. The van der Waals surface area contributed by atoms with Crippen LogP contribution >= 0.6 is 11.3 Å². The lowest BCUT2D eigenvalue weighted by Gasteiger charge is -2.07. The Hall–Kier alpha value is -3.62. The van der Waals surface area contributed by atoms with Crippen LogP contribution in [0.2, 0.25) is 0 Å². The van der Waals surface area contributed by atoms with E-state index in [-0.39, 0.29) is 0 Å². The predicted octanol–water partition coefficient (Wildman–Crippen LogP) is 8.51. The number of benzene rings is 5. The first kappa shape index (κ1) is 16.2. The van der Waals surface area contributed by atoms with E-state index in [0.717, 1.165) is 0 Å². The van der Waals surface area contributed by atoms with Gasteiger partial charge in [-0.25, -0.2) is 0 Å². The molecule has 2 aromatic heterocycles. The molecule has 2 heterocycles.